The number of benzene rings is 2. The number of carbonyl (C=O) groups is 2. The number of nitrogens with one attached hydrogen (secondary N) is 1. The Morgan fingerprint density at radius 1 is 1.22 bits per heavy atom. The smallest absolute Gasteiger partial charge is 0.326 e. The van der Waals surface area contributed by atoms with Crippen molar-refractivity contribution >= 4 is 45.1 Å². The summed E-state index contributed by atoms with van der Waals surface area (Å²) in [5, 5.41) is 12.2. The fourth-order valence-corrected chi connectivity index (χ4v) is 6.29. The van der Waals surface area contributed by atoms with Gasteiger partial charge in [0.2, 0.25) is 15.9 Å². The van der Waals surface area contributed by atoms with E-state index < -0.39 is 39.3 Å². The molecule has 0 bridgehead atoms. The largest absolute Gasteiger partial charge is 0.480 e. The van der Waals surface area contributed by atoms with E-state index in [2.05, 4.69) is 5.32 Å². The Balaban J connectivity index is 1.88. The molecular formula is C21H21Cl2FN2O5S. The molecule has 2 atom stereocenters. The van der Waals surface area contributed by atoms with E-state index in [0.29, 0.717) is 6.42 Å². The van der Waals surface area contributed by atoms with Crippen molar-refractivity contribution in [2.45, 2.75) is 42.7 Å². The number of aliphatic carboxylic acids is 1. The summed E-state index contributed by atoms with van der Waals surface area (Å²) in [4.78, 5) is 24.7. The lowest BCUT2D eigenvalue weighted by Crippen LogP contribution is -2.58. The number of carbonyl (C=O) groups excluding carboxylic acids is 1. The van der Waals surface area contributed by atoms with Gasteiger partial charge >= 0.3 is 5.97 Å². The highest BCUT2D eigenvalue weighted by Crippen LogP contribution is 2.36. The molecule has 2 aromatic rings. The maximum Gasteiger partial charge on any atom is 0.326 e. The van der Waals surface area contributed by atoms with Crippen molar-refractivity contribution in [1.29, 1.82) is 0 Å². The van der Waals surface area contributed by atoms with Crippen molar-refractivity contribution in [3.63, 3.8) is 0 Å². The third-order valence-corrected chi connectivity index (χ3v) is 7.91. The van der Waals surface area contributed by atoms with Crippen LogP contribution in [0.2, 0.25) is 10.0 Å². The topological polar surface area (TPSA) is 104 Å². The maximum atomic E-state index is 14.0. The summed E-state index contributed by atoms with van der Waals surface area (Å²) in [6.07, 6.45) is 0.279. The molecule has 172 valence electrons. The number of nitrogens with zero attached hydrogens (tertiary/aromatic N) is 1. The van der Waals surface area contributed by atoms with E-state index in [1.807, 2.05) is 0 Å². The summed E-state index contributed by atoms with van der Waals surface area (Å²) in [6.45, 7) is 1.49. The molecule has 7 nitrogen and oxygen atoms in total. The first-order valence-corrected chi connectivity index (χ1v) is 11.9. The summed E-state index contributed by atoms with van der Waals surface area (Å²) in [7, 11) is -4.16. The Labute approximate surface area is 195 Å². The van der Waals surface area contributed by atoms with Gasteiger partial charge in [0, 0.05) is 23.0 Å². The van der Waals surface area contributed by atoms with E-state index >= 15 is 0 Å². The number of rotatable bonds is 7. The van der Waals surface area contributed by atoms with Gasteiger partial charge in [-0.1, -0.05) is 41.4 Å². The lowest BCUT2D eigenvalue weighted by molar-refractivity contribution is -0.143. The van der Waals surface area contributed by atoms with Crippen molar-refractivity contribution < 1.29 is 27.5 Å². The maximum absolute atomic E-state index is 14.0. The minimum Gasteiger partial charge on any atom is -0.480 e. The van der Waals surface area contributed by atoms with Gasteiger partial charge in [0.25, 0.3) is 0 Å². The molecule has 1 amide bonds. The van der Waals surface area contributed by atoms with Crippen LogP contribution in [0.5, 0.6) is 0 Å². The Hall–Kier alpha value is -2.20. The van der Waals surface area contributed by atoms with Crippen LogP contribution in [0.25, 0.3) is 0 Å². The predicted molar refractivity (Wildman–Crippen MR) is 118 cm³/mol. The second-order valence-electron chi connectivity index (χ2n) is 7.72. The van der Waals surface area contributed by atoms with Gasteiger partial charge < -0.3 is 10.4 Å². The van der Waals surface area contributed by atoms with Gasteiger partial charge in [-0.05, 0) is 49.6 Å². The van der Waals surface area contributed by atoms with E-state index in [9.17, 15) is 27.5 Å². The molecule has 3 rings (SSSR count). The first-order valence-electron chi connectivity index (χ1n) is 9.71. The van der Waals surface area contributed by atoms with Gasteiger partial charge in [-0.2, -0.15) is 4.31 Å². The zero-order chi connectivity index (χ0) is 23.7. The lowest BCUT2D eigenvalue weighted by atomic mass is 9.97. The SMILES string of the molecule is C[C@@]1(C(=O)N[C@@H](Cc2ccccc2F)C(=O)O)CCCN1S(=O)(=O)c1cc(Cl)cc(Cl)c1. The van der Waals surface area contributed by atoms with Crippen molar-refractivity contribution in [2.24, 2.45) is 0 Å². The molecular weight excluding hydrogens is 482 g/mol. The average molecular weight is 503 g/mol. The average Bonchev–Trinajstić information content (AvgIpc) is 3.12. The van der Waals surface area contributed by atoms with Crippen LogP contribution in [0.4, 0.5) is 4.39 Å². The van der Waals surface area contributed by atoms with Crippen LogP contribution in [-0.4, -0.2) is 47.8 Å². The summed E-state index contributed by atoms with van der Waals surface area (Å²) < 4.78 is 41.6. The van der Waals surface area contributed by atoms with Crippen molar-refractivity contribution in [1.82, 2.24) is 9.62 Å². The molecule has 0 aliphatic carbocycles. The van der Waals surface area contributed by atoms with Gasteiger partial charge in [0.15, 0.2) is 0 Å². The molecule has 11 heteroatoms. The van der Waals surface area contributed by atoms with Crippen LogP contribution in [0, 0.1) is 5.82 Å². The Bertz CT molecular complexity index is 1140. The first kappa shape index (κ1) is 24.4. The molecule has 0 spiro atoms. The van der Waals surface area contributed by atoms with Crippen LogP contribution >= 0.6 is 23.2 Å². The number of sulfonamides is 1. The van der Waals surface area contributed by atoms with E-state index in [1.165, 1.54) is 43.3 Å². The summed E-state index contributed by atoms with van der Waals surface area (Å²) >= 11 is 11.9. The molecule has 2 aromatic carbocycles. The fourth-order valence-electron chi connectivity index (χ4n) is 3.75. The van der Waals surface area contributed by atoms with Crippen LogP contribution in [0.1, 0.15) is 25.3 Å². The molecule has 2 N–H and O–H groups in total. The minimum absolute atomic E-state index is 0.0570. The van der Waals surface area contributed by atoms with Crippen LogP contribution in [0.15, 0.2) is 47.4 Å². The summed E-state index contributed by atoms with van der Waals surface area (Å²) in [5.74, 6) is -2.74. The van der Waals surface area contributed by atoms with Gasteiger partial charge in [-0.3, -0.25) is 4.79 Å². The third kappa shape index (κ3) is 4.91. The van der Waals surface area contributed by atoms with Crippen LogP contribution < -0.4 is 5.32 Å². The molecule has 0 aromatic heterocycles. The molecule has 32 heavy (non-hydrogen) atoms. The Morgan fingerprint density at radius 3 is 2.44 bits per heavy atom. The predicted octanol–water partition coefficient (Wildman–Crippen LogP) is 3.49. The number of hydrogen-bond donors (Lipinski definition) is 2. The second kappa shape index (κ2) is 9.35. The molecule has 1 aliphatic heterocycles. The van der Waals surface area contributed by atoms with Crippen LogP contribution in [-0.2, 0) is 26.0 Å². The Morgan fingerprint density at radius 2 is 1.84 bits per heavy atom. The zero-order valence-electron chi connectivity index (χ0n) is 17.0. The van der Waals surface area contributed by atoms with E-state index in [1.54, 1.807) is 6.07 Å². The monoisotopic (exact) mass is 502 g/mol. The summed E-state index contributed by atoms with van der Waals surface area (Å²) in [6, 6.07) is 8.06. The molecule has 0 radical (unpaired) electrons. The first-order chi connectivity index (χ1) is 14.9. The molecule has 1 saturated heterocycles. The second-order valence-corrected chi connectivity index (χ2v) is 10.5. The molecule has 0 saturated carbocycles. The number of halogens is 3. The third-order valence-electron chi connectivity index (χ3n) is 5.47. The molecule has 1 fully saturated rings. The van der Waals surface area contributed by atoms with Crippen molar-refractivity contribution in [3.8, 4) is 0 Å². The van der Waals surface area contributed by atoms with Gasteiger partial charge in [0.05, 0.1) is 4.90 Å². The highest BCUT2D eigenvalue weighted by atomic mass is 35.5. The lowest BCUT2D eigenvalue weighted by Gasteiger charge is -2.34. The van der Waals surface area contributed by atoms with Crippen LogP contribution in [0.3, 0.4) is 0 Å². The number of hydrogen-bond acceptors (Lipinski definition) is 4. The zero-order valence-corrected chi connectivity index (χ0v) is 19.3. The van der Waals surface area contributed by atoms with E-state index in [0.717, 1.165) is 4.31 Å². The highest BCUT2D eigenvalue weighted by molar-refractivity contribution is 7.89. The number of carboxylic acid groups (broad SMARTS) is 1. The quantitative estimate of drug-likeness (QED) is 0.602. The molecule has 1 heterocycles. The molecule has 0 unspecified atom stereocenters. The van der Waals surface area contributed by atoms with E-state index in [-0.39, 0.29) is 39.9 Å². The van der Waals surface area contributed by atoms with Crippen molar-refractivity contribution in [3.05, 3.63) is 63.9 Å². The minimum atomic E-state index is -4.16. The standard InChI is InChI=1S/C21H21Cl2FN2O5S/c1-21(20(29)25-18(19(27)28)9-13-5-2-3-6-17(13)24)7-4-8-26(21)32(30,31)16-11-14(22)10-15(23)12-16/h2-3,5-6,10-12,18H,4,7-9H2,1H3,(H,25,29)(H,27,28)/t18-,21-/m0/s1. The normalized spacial score (nSPS) is 20.1. The summed E-state index contributed by atoms with van der Waals surface area (Å²) in [5.41, 5.74) is -1.42. The number of carboxylic acids is 1. The Kier molecular flexibility index (Phi) is 7.14. The molecule has 1 aliphatic rings. The van der Waals surface area contributed by atoms with E-state index in [4.69, 9.17) is 23.2 Å². The van der Waals surface area contributed by atoms with Gasteiger partial charge in [-0.15, -0.1) is 0 Å². The highest BCUT2D eigenvalue weighted by Gasteiger charge is 2.50. The van der Waals surface area contributed by atoms with Gasteiger partial charge in [-0.25, -0.2) is 17.6 Å². The number of amides is 1. The van der Waals surface area contributed by atoms with Gasteiger partial charge in [0.1, 0.15) is 17.4 Å². The fraction of sp³-hybridized carbons (Fsp3) is 0.333. The van der Waals surface area contributed by atoms with Crippen molar-refractivity contribution in [2.75, 3.05) is 6.54 Å².